The maximum Gasteiger partial charge on any atom is 0.295 e. The van der Waals surface area contributed by atoms with Crippen molar-refractivity contribution in [3.63, 3.8) is 0 Å². The summed E-state index contributed by atoms with van der Waals surface area (Å²) in [6.45, 7) is 5.12. The van der Waals surface area contributed by atoms with E-state index in [9.17, 15) is 4.79 Å². The van der Waals surface area contributed by atoms with Crippen molar-refractivity contribution < 1.29 is 9.32 Å². The fraction of sp³-hybridized carbons (Fsp3) is 0.727. The highest BCUT2D eigenvalue weighted by Crippen LogP contribution is 2.19. The Labute approximate surface area is 100 Å². The van der Waals surface area contributed by atoms with Crippen LogP contribution in [0.4, 0.5) is 0 Å². The first-order valence-corrected chi connectivity index (χ1v) is 5.97. The Balaban J connectivity index is 2.05. The minimum Gasteiger partial charge on any atom is -0.339 e. The Morgan fingerprint density at radius 3 is 3.00 bits per heavy atom. The van der Waals surface area contributed by atoms with Gasteiger partial charge in [-0.2, -0.15) is 4.98 Å². The minimum atomic E-state index is -0.160. The number of carbonyl (C=O) groups is 1. The van der Waals surface area contributed by atoms with Crippen LogP contribution >= 0.6 is 0 Å². The third kappa shape index (κ3) is 2.46. The fourth-order valence-corrected chi connectivity index (χ4v) is 2.19. The normalized spacial score (nSPS) is 25.0. The molecule has 1 aromatic rings. The molecule has 0 spiro atoms. The predicted octanol–water partition coefficient (Wildman–Crippen LogP) is 0.577. The van der Waals surface area contributed by atoms with E-state index >= 15 is 0 Å². The summed E-state index contributed by atoms with van der Waals surface area (Å²) in [5, 5.41) is 3.65. The van der Waals surface area contributed by atoms with Gasteiger partial charge in [-0.1, -0.05) is 18.5 Å². The SMILES string of the molecule is CCC1CN(C(=O)c2noc(C)n2)CCC1N. The summed E-state index contributed by atoms with van der Waals surface area (Å²) in [7, 11) is 0. The third-order valence-corrected chi connectivity index (χ3v) is 3.32. The summed E-state index contributed by atoms with van der Waals surface area (Å²) in [5.74, 6) is 0.759. The van der Waals surface area contributed by atoms with Crippen LogP contribution in [0.5, 0.6) is 0 Å². The molecule has 1 aliphatic heterocycles. The number of aryl methyl sites for hydroxylation is 1. The molecule has 2 rings (SSSR count). The number of nitrogens with two attached hydrogens (primary N) is 1. The van der Waals surface area contributed by atoms with Gasteiger partial charge in [-0.3, -0.25) is 4.79 Å². The number of carbonyl (C=O) groups excluding carboxylic acids is 1. The lowest BCUT2D eigenvalue weighted by Crippen LogP contribution is -2.49. The molecule has 2 atom stereocenters. The van der Waals surface area contributed by atoms with E-state index in [1.165, 1.54) is 0 Å². The summed E-state index contributed by atoms with van der Waals surface area (Å²) < 4.78 is 4.82. The van der Waals surface area contributed by atoms with Crippen LogP contribution in [-0.2, 0) is 0 Å². The van der Waals surface area contributed by atoms with Crippen LogP contribution in [0.15, 0.2) is 4.52 Å². The van der Waals surface area contributed by atoms with E-state index in [0.717, 1.165) is 12.8 Å². The van der Waals surface area contributed by atoms with E-state index in [2.05, 4.69) is 17.1 Å². The highest BCUT2D eigenvalue weighted by atomic mass is 16.5. The molecule has 1 aliphatic rings. The van der Waals surface area contributed by atoms with Gasteiger partial charge in [-0.25, -0.2) is 0 Å². The molecule has 6 nitrogen and oxygen atoms in total. The second kappa shape index (κ2) is 4.83. The van der Waals surface area contributed by atoms with E-state index in [0.29, 0.717) is 24.9 Å². The molecule has 94 valence electrons. The van der Waals surface area contributed by atoms with Crippen LogP contribution in [0.25, 0.3) is 0 Å². The molecule has 1 amide bonds. The monoisotopic (exact) mass is 238 g/mol. The van der Waals surface area contributed by atoms with E-state index in [4.69, 9.17) is 10.3 Å². The Morgan fingerprint density at radius 2 is 2.41 bits per heavy atom. The highest BCUT2D eigenvalue weighted by molar-refractivity contribution is 5.90. The molecular weight excluding hydrogens is 220 g/mol. The summed E-state index contributed by atoms with van der Waals surface area (Å²) in [4.78, 5) is 17.8. The number of amides is 1. The molecule has 2 N–H and O–H groups in total. The standard InChI is InChI=1S/C11H18N4O2/c1-3-8-6-15(5-4-9(8)12)11(16)10-13-7(2)17-14-10/h8-9H,3-6,12H2,1-2H3. The number of rotatable bonds is 2. The first-order valence-electron chi connectivity index (χ1n) is 5.97. The van der Waals surface area contributed by atoms with Crippen molar-refractivity contribution in [1.29, 1.82) is 0 Å². The minimum absolute atomic E-state index is 0.146. The Hall–Kier alpha value is -1.43. The van der Waals surface area contributed by atoms with E-state index in [1.54, 1.807) is 11.8 Å². The number of hydrogen-bond donors (Lipinski definition) is 1. The van der Waals surface area contributed by atoms with Crippen molar-refractivity contribution >= 4 is 5.91 Å². The average Bonchev–Trinajstić information content (AvgIpc) is 2.75. The first-order chi connectivity index (χ1) is 8.11. The predicted molar refractivity (Wildman–Crippen MR) is 61.3 cm³/mol. The maximum atomic E-state index is 12.1. The van der Waals surface area contributed by atoms with Crippen molar-refractivity contribution in [1.82, 2.24) is 15.0 Å². The van der Waals surface area contributed by atoms with Gasteiger partial charge in [-0.15, -0.1) is 0 Å². The molecule has 17 heavy (non-hydrogen) atoms. The molecule has 2 unspecified atom stereocenters. The van der Waals surface area contributed by atoms with Gasteiger partial charge in [0.1, 0.15) is 0 Å². The van der Waals surface area contributed by atoms with E-state index < -0.39 is 0 Å². The summed E-state index contributed by atoms with van der Waals surface area (Å²) in [5.41, 5.74) is 6.01. The number of aromatic nitrogens is 2. The van der Waals surface area contributed by atoms with E-state index in [1.807, 2.05) is 0 Å². The van der Waals surface area contributed by atoms with Crippen LogP contribution in [0.2, 0.25) is 0 Å². The Morgan fingerprint density at radius 1 is 1.65 bits per heavy atom. The molecule has 2 heterocycles. The lowest BCUT2D eigenvalue weighted by atomic mass is 9.90. The number of likely N-dealkylation sites (tertiary alicyclic amines) is 1. The number of piperidine rings is 1. The lowest BCUT2D eigenvalue weighted by Gasteiger charge is -2.35. The Kier molecular flexibility index (Phi) is 3.42. The maximum absolute atomic E-state index is 12.1. The van der Waals surface area contributed by atoms with Crippen molar-refractivity contribution in [3.05, 3.63) is 11.7 Å². The van der Waals surface area contributed by atoms with Crippen molar-refractivity contribution in [3.8, 4) is 0 Å². The third-order valence-electron chi connectivity index (χ3n) is 3.32. The second-order valence-electron chi connectivity index (χ2n) is 4.51. The summed E-state index contributed by atoms with van der Waals surface area (Å²) in [6.07, 6.45) is 1.82. The van der Waals surface area contributed by atoms with Gasteiger partial charge in [0.2, 0.25) is 5.89 Å². The van der Waals surface area contributed by atoms with Crippen molar-refractivity contribution in [2.24, 2.45) is 11.7 Å². The van der Waals surface area contributed by atoms with Crippen LogP contribution in [0, 0.1) is 12.8 Å². The molecule has 0 bridgehead atoms. The zero-order valence-electron chi connectivity index (χ0n) is 10.2. The molecule has 1 saturated heterocycles. The van der Waals surface area contributed by atoms with Crippen LogP contribution in [0.3, 0.4) is 0 Å². The quantitative estimate of drug-likeness (QED) is 0.814. The molecular formula is C11H18N4O2. The molecule has 6 heteroatoms. The largest absolute Gasteiger partial charge is 0.339 e. The highest BCUT2D eigenvalue weighted by Gasteiger charge is 2.30. The zero-order valence-corrected chi connectivity index (χ0v) is 10.2. The fourth-order valence-electron chi connectivity index (χ4n) is 2.19. The molecule has 0 saturated carbocycles. The molecule has 0 radical (unpaired) electrons. The second-order valence-corrected chi connectivity index (χ2v) is 4.51. The lowest BCUT2D eigenvalue weighted by molar-refractivity contribution is 0.0633. The average molecular weight is 238 g/mol. The van der Waals surface area contributed by atoms with Gasteiger partial charge in [0.25, 0.3) is 11.7 Å². The van der Waals surface area contributed by atoms with Crippen LogP contribution in [-0.4, -0.2) is 40.1 Å². The van der Waals surface area contributed by atoms with Crippen molar-refractivity contribution in [2.75, 3.05) is 13.1 Å². The number of hydrogen-bond acceptors (Lipinski definition) is 5. The smallest absolute Gasteiger partial charge is 0.295 e. The van der Waals surface area contributed by atoms with Gasteiger partial charge in [0.05, 0.1) is 0 Å². The Bertz CT molecular complexity index is 404. The van der Waals surface area contributed by atoms with Gasteiger partial charge >= 0.3 is 0 Å². The zero-order chi connectivity index (χ0) is 12.4. The molecule has 1 fully saturated rings. The van der Waals surface area contributed by atoms with Crippen molar-refractivity contribution in [2.45, 2.75) is 32.7 Å². The van der Waals surface area contributed by atoms with Crippen LogP contribution < -0.4 is 5.73 Å². The molecule has 1 aromatic heterocycles. The first kappa shape index (κ1) is 12.0. The van der Waals surface area contributed by atoms with Gasteiger partial charge in [0, 0.05) is 26.1 Å². The van der Waals surface area contributed by atoms with Gasteiger partial charge < -0.3 is 15.2 Å². The van der Waals surface area contributed by atoms with Crippen LogP contribution in [0.1, 0.15) is 36.3 Å². The molecule has 0 aromatic carbocycles. The topological polar surface area (TPSA) is 85.2 Å². The van der Waals surface area contributed by atoms with Gasteiger partial charge in [0.15, 0.2) is 0 Å². The number of nitrogens with zero attached hydrogens (tertiary/aromatic N) is 3. The van der Waals surface area contributed by atoms with Gasteiger partial charge in [-0.05, 0) is 12.3 Å². The summed E-state index contributed by atoms with van der Waals surface area (Å²) in [6, 6.07) is 0.191. The van der Waals surface area contributed by atoms with E-state index in [-0.39, 0.29) is 17.8 Å². The molecule has 0 aliphatic carbocycles. The summed E-state index contributed by atoms with van der Waals surface area (Å²) >= 11 is 0.